The van der Waals surface area contributed by atoms with Crippen LogP contribution in [0.2, 0.25) is 0 Å². The van der Waals surface area contributed by atoms with Crippen molar-refractivity contribution in [2.75, 3.05) is 11.5 Å². The van der Waals surface area contributed by atoms with E-state index >= 15 is 0 Å². The van der Waals surface area contributed by atoms with Gasteiger partial charge in [0.25, 0.3) is 0 Å². The molecule has 2 atom stereocenters. The van der Waals surface area contributed by atoms with E-state index in [-0.39, 0.29) is 23.5 Å². The Bertz CT molecular complexity index is 540. The molecule has 0 aliphatic carbocycles. The van der Waals surface area contributed by atoms with E-state index < -0.39 is 9.84 Å². The number of aryl methyl sites for hydroxylation is 2. The minimum absolute atomic E-state index is 0.0699. The van der Waals surface area contributed by atoms with Gasteiger partial charge in [-0.15, -0.1) is 0 Å². The van der Waals surface area contributed by atoms with Gasteiger partial charge in [0.05, 0.1) is 17.5 Å². The molecular weight excluding hydrogens is 248 g/mol. The lowest BCUT2D eigenvalue weighted by molar-refractivity contribution is 0.398. The second-order valence-electron chi connectivity index (χ2n) is 5.17. The van der Waals surface area contributed by atoms with Crippen molar-refractivity contribution in [2.45, 2.75) is 26.3 Å². The van der Waals surface area contributed by atoms with Crippen LogP contribution in [-0.4, -0.2) is 19.9 Å². The van der Waals surface area contributed by atoms with Crippen LogP contribution in [0.3, 0.4) is 0 Å². The van der Waals surface area contributed by atoms with Gasteiger partial charge in [-0.3, -0.25) is 11.3 Å². The molecule has 18 heavy (non-hydrogen) atoms. The summed E-state index contributed by atoms with van der Waals surface area (Å²) in [5.41, 5.74) is 6.22. The molecule has 1 saturated heterocycles. The fourth-order valence-corrected chi connectivity index (χ4v) is 4.50. The maximum atomic E-state index is 11.6. The molecule has 2 unspecified atom stereocenters. The molecule has 0 saturated carbocycles. The third kappa shape index (κ3) is 2.74. The van der Waals surface area contributed by atoms with E-state index in [1.807, 2.05) is 13.8 Å². The molecule has 2 rings (SSSR count). The number of nitrogens with one attached hydrogen (secondary N) is 1. The summed E-state index contributed by atoms with van der Waals surface area (Å²) in [6.07, 6.45) is 0.685. The first kappa shape index (κ1) is 13.5. The Morgan fingerprint density at radius 2 is 2.11 bits per heavy atom. The normalized spacial score (nSPS) is 24.1. The monoisotopic (exact) mass is 268 g/mol. The number of hydrogen-bond donors (Lipinski definition) is 2. The van der Waals surface area contributed by atoms with Crippen molar-refractivity contribution >= 4 is 9.84 Å². The van der Waals surface area contributed by atoms with E-state index in [1.165, 1.54) is 0 Å². The number of nitrogens with two attached hydrogens (primary N) is 1. The summed E-state index contributed by atoms with van der Waals surface area (Å²) in [7, 11) is -2.88. The molecule has 1 aliphatic rings. The molecule has 4 nitrogen and oxygen atoms in total. The van der Waals surface area contributed by atoms with Gasteiger partial charge in [0.1, 0.15) is 0 Å². The molecule has 5 heteroatoms. The molecular formula is C13H20N2O2S. The van der Waals surface area contributed by atoms with E-state index in [4.69, 9.17) is 5.84 Å². The highest BCUT2D eigenvalue weighted by Gasteiger charge is 2.34. The van der Waals surface area contributed by atoms with Crippen LogP contribution in [0.15, 0.2) is 18.2 Å². The van der Waals surface area contributed by atoms with Gasteiger partial charge < -0.3 is 0 Å². The summed E-state index contributed by atoms with van der Waals surface area (Å²) in [4.78, 5) is 0. The quantitative estimate of drug-likeness (QED) is 0.639. The third-order valence-corrected chi connectivity index (χ3v) is 5.48. The van der Waals surface area contributed by atoms with Crippen molar-refractivity contribution in [3.8, 4) is 0 Å². The number of benzene rings is 1. The number of sulfone groups is 1. The Kier molecular flexibility index (Phi) is 3.75. The molecule has 1 aromatic rings. The highest BCUT2D eigenvalue weighted by molar-refractivity contribution is 7.91. The van der Waals surface area contributed by atoms with Gasteiger partial charge in [-0.25, -0.2) is 8.42 Å². The van der Waals surface area contributed by atoms with E-state index in [2.05, 4.69) is 23.6 Å². The van der Waals surface area contributed by atoms with Crippen LogP contribution in [0.1, 0.15) is 29.2 Å². The Morgan fingerprint density at radius 3 is 2.67 bits per heavy atom. The summed E-state index contributed by atoms with van der Waals surface area (Å²) >= 11 is 0. The molecule has 1 aromatic carbocycles. The van der Waals surface area contributed by atoms with Gasteiger partial charge in [-0.05, 0) is 37.3 Å². The zero-order valence-corrected chi connectivity index (χ0v) is 11.6. The van der Waals surface area contributed by atoms with Crippen LogP contribution < -0.4 is 11.3 Å². The predicted octanol–water partition coefficient (Wildman–Crippen LogP) is 1.24. The minimum Gasteiger partial charge on any atom is -0.271 e. The molecule has 1 heterocycles. The van der Waals surface area contributed by atoms with Gasteiger partial charge >= 0.3 is 0 Å². The topological polar surface area (TPSA) is 72.2 Å². The molecule has 1 fully saturated rings. The summed E-state index contributed by atoms with van der Waals surface area (Å²) in [5.74, 6) is 6.23. The van der Waals surface area contributed by atoms with Crippen LogP contribution in [0.5, 0.6) is 0 Å². The van der Waals surface area contributed by atoms with Gasteiger partial charge in [0.2, 0.25) is 0 Å². The first-order valence-corrected chi connectivity index (χ1v) is 7.99. The summed E-state index contributed by atoms with van der Waals surface area (Å²) in [5, 5.41) is 0. The highest BCUT2D eigenvalue weighted by Crippen LogP contribution is 2.32. The van der Waals surface area contributed by atoms with Crippen LogP contribution in [0.4, 0.5) is 0 Å². The lowest BCUT2D eigenvalue weighted by Crippen LogP contribution is -2.34. The smallest absolute Gasteiger partial charge is 0.150 e. The molecule has 100 valence electrons. The largest absolute Gasteiger partial charge is 0.271 e. The fourth-order valence-electron chi connectivity index (χ4n) is 2.66. The zero-order chi connectivity index (χ0) is 13.3. The van der Waals surface area contributed by atoms with Crippen LogP contribution in [0.25, 0.3) is 0 Å². The second kappa shape index (κ2) is 4.99. The Labute approximate surface area is 108 Å². The Balaban J connectivity index is 2.31. The van der Waals surface area contributed by atoms with Gasteiger partial charge in [0, 0.05) is 0 Å². The average Bonchev–Trinajstić information content (AvgIpc) is 2.65. The SMILES string of the molecule is Cc1ccc(C)c(C(NN)C2CCS(=O)(=O)C2)c1. The van der Waals surface area contributed by atoms with Crippen molar-refractivity contribution < 1.29 is 8.42 Å². The fraction of sp³-hybridized carbons (Fsp3) is 0.538. The number of rotatable bonds is 3. The lowest BCUT2D eigenvalue weighted by atomic mass is 9.89. The van der Waals surface area contributed by atoms with Crippen LogP contribution >= 0.6 is 0 Å². The zero-order valence-electron chi connectivity index (χ0n) is 10.8. The predicted molar refractivity (Wildman–Crippen MR) is 72.7 cm³/mol. The third-order valence-electron chi connectivity index (χ3n) is 3.69. The second-order valence-corrected chi connectivity index (χ2v) is 7.40. The van der Waals surface area contributed by atoms with Gasteiger partial charge in [-0.2, -0.15) is 0 Å². The highest BCUT2D eigenvalue weighted by atomic mass is 32.2. The molecule has 0 radical (unpaired) electrons. The molecule has 0 bridgehead atoms. The maximum absolute atomic E-state index is 11.6. The molecule has 3 N–H and O–H groups in total. The van der Waals surface area contributed by atoms with E-state index in [0.29, 0.717) is 6.42 Å². The van der Waals surface area contributed by atoms with Crippen molar-refractivity contribution in [3.05, 3.63) is 34.9 Å². The number of hydrazine groups is 1. The van der Waals surface area contributed by atoms with E-state index in [1.54, 1.807) is 0 Å². The first-order valence-electron chi connectivity index (χ1n) is 6.16. The standard InChI is InChI=1S/C13H20N2O2S/c1-9-3-4-10(2)12(7-9)13(15-14)11-5-6-18(16,17)8-11/h3-4,7,11,13,15H,5-6,8,14H2,1-2H3. The van der Waals surface area contributed by atoms with Crippen molar-refractivity contribution in [2.24, 2.45) is 11.8 Å². The summed E-state index contributed by atoms with van der Waals surface area (Å²) in [6.45, 7) is 4.06. The van der Waals surface area contributed by atoms with Gasteiger partial charge in [-0.1, -0.05) is 23.8 Å². The lowest BCUT2D eigenvalue weighted by Gasteiger charge is -2.24. The maximum Gasteiger partial charge on any atom is 0.150 e. The minimum atomic E-state index is -2.88. The van der Waals surface area contributed by atoms with E-state index in [9.17, 15) is 8.42 Å². The van der Waals surface area contributed by atoms with E-state index in [0.717, 1.165) is 16.7 Å². The first-order chi connectivity index (χ1) is 8.43. The molecule has 0 spiro atoms. The van der Waals surface area contributed by atoms with Crippen molar-refractivity contribution in [1.29, 1.82) is 0 Å². The molecule has 0 amide bonds. The number of hydrogen-bond acceptors (Lipinski definition) is 4. The Morgan fingerprint density at radius 1 is 1.39 bits per heavy atom. The Hall–Kier alpha value is -0.910. The summed E-state index contributed by atoms with van der Waals surface area (Å²) in [6, 6.07) is 6.11. The average molecular weight is 268 g/mol. The molecule has 1 aliphatic heterocycles. The van der Waals surface area contributed by atoms with Gasteiger partial charge in [0.15, 0.2) is 9.84 Å². The van der Waals surface area contributed by atoms with Crippen LogP contribution in [0, 0.1) is 19.8 Å². The summed E-state index contributed by atoms with van der Waals surface area (Å²) < 4.78 is 23.2. The molecule has 0 aromatic heterocycles. The van der Waals surface area contributed by atoms with Crippen molar-refractivity contribution in [1.82, 2.24) is 5.43 Å². The van der Waals surface area contributed by atoms with Crippen molar-refractivity contribution in [3.63, 3.8) is 0 Å². The van der Waals surface area contributed by atoms with Crippen LogP contribution in [-0.2, 0) is 9.84 Å².